The van der Waals surface area contributed by atoms with Crippen LogP contribution in [0.1, 0.15) is 30.8 Å². The minimum atomic E-state index is -0.450. The van der Waals surface area contributed by atoms with E-state index in [2.05, 4.69) is 10.2 Å². The van der Waals surface area contributed by atoms with Crippen molar-refractivity contribution in [1.29, 1.82) is 0 Å². The van der Waals surface area contributed by atoms with Gasteiger partial charge in [-0.2, -0.15) is 0 Å². The number of hydrogen-bond acceptors (Lipinski definition) is 6. The van der Waals surface area contributed by atoms with Gasteiger partial charge in [-0.25, -0.2) is 0 Å². The van der Waals surface area contributed by atoms with Crippen molar-refractivity contribution >= 4 is 5.69 Å². The molecule has 0 saturated carbocycles. The first-order valence-electron chi connectivity index (χ1n) is 5.88. The van der Waals surface area contributed by atoms with Gasteiger partial charge < -0.3 is 10.2 Å². The average Bonchev–Trinajstić information content (AvgIpc) is 2.86. The molecule has 2 rings (SSSR count). The Morgan fingerprint density at radius 3 is 2.84 bits per heavy atom. The zero-order valence-electron chi connectivity index (χ0n) is 10.7. The molecule has 0 spiro atoms. The third-order valence-corrected chi connectivity index (χ3v) is 2.85. The molecule has 0 aliphatic heterocycles. The summed E-state index contributed by atoms with van der Waals surface area (Å²) in [7, 11) is 0. The number of aromatic nitrogens is 2. The second kappa shape index (κ2) is 5.15. The standard InChI is InChI=1S/C12H14N4O3/c1-3-9(13)12-15-14-11(19-12)8-6-4-5-7(2)10(8)16(17)18/h4-6,9H,3,13H2,1-2H3. The van der Waals surface area contributed by atoms with Crippen LogP contribution in [0.3, 0.4) is 0 Å². The second-order valence-electron chi connectivity index (χ2n) is 4.19. The van der Waals surface area contributed by atoms with E-state index >= 15 is 0 Å². The molecule has 19 heavy (non-hydrogen) atoms. The predicted octanol–water partition coefficient (Wildman–Crippen LogP) is 2.36. The van der Waals surface area contributed by atoms with Crippen molar-refractivity contribution in [3.8, 4) is 11.5 Å². The van der Waals surface area contributed by atoms with Crippen LogP contribution in [0.15, 0.2) is 22.6 Å². The molecule has 0 saturated heterocycles. The van der Waals surface area contributed by atoms with Gasteiger partial charge in [0.1, 0.15) is 5.56 Å². The molecule has 2 aromatic rings. The van der Waals surface area contributed by atoms with E-state index in [-0.39, 0.29) is 23.5 Å². The van der Waals surface area contributed by atoms with Crippen LogP contribution in [0.5, 0.6) is 0 Å². The van der Waals surface area contributed by atoms with Gasteiger partial charge in [-0.1, -0.05) is 19.1 Å². The molecular formula is C12H14N4O3. The number of para-hydroxylation sites is 1. The SMILES string of the molecule is CCC(N)c1nnc(-c2cccc(C)c2[N+](=O)[O-])o1. The first-order chi connectivity index (χ1) is 9.04. The summed E-state index contributed by atoms with van der Waals surface area (Å²) >= 11 is 0. The molecule has 2 N–H and O–H groups in total. The van der Waals surface area contributed by atoms with E-state index in [4.69, 9.17) is 10.2 Å². The number of aryl methyl sites for hydroxylation is 1. The average molecular weight is 262 g/mol. The highest BCUT2D eigenvalue weighted by atomic mass is 16.6. The van der Waals surface area contributed by atoms with E-state index in [1.54, 1.807) is 25.1 Å². The largest absolute Gasteiger partial charge is 0.419 e. The van der Waals surface area contributed by atoms with E-state index in [0.717, 1.165) is 0 Å². The molecule has 0 aliphatic rings. The number of nitro benzene ring substituents is 1. The molecule has 1 atom stereocenters. The number of hydrogen-bond donors (Lipinski definition) is 1. The molecule has 0 fully saturated rings. The Morgan fingerprint density at radius 1 is 1.47 bits per heavy atom. The van der Waals surface area contributed by atoms with Gasteiger partial charge in [-0.3, -0.25) is 10.1 Å². The fourth-order valence-corrected chi connectivity index (χ4v) is 1.74. The number of nitrogens with two attached hydrogens (primary N) is 1. The quantitative estimate of drug-likeness (QED) is 0.669. The minimum Gasteiger partial charge on any atom is -0.419 e. The third-order valence-electron chi connectivity index (χ3n) is 2.85. The summed E-state index contributed by atoms with van der Waals surface area (Å²) in [4.78, 5) is 10.7. The lowest BCUT2D eigenvalue weighted by molar-refractivity contribution is -0.384. The molecule has 1 aromatic carbocycles. The maximum Gasteiger partial charge on any atom is 0.284 e. The van der Waals surface area contributed by atoms with E-state index in [1.165, 1.54) is 0 Å². The van der Waals surface area contributed by atoms with Gasteiger partial charge in [0.2, 0.25) is 5.89 Å². The molecule has 0 aliphatic carbocycles. The number of rotatable bonds is 4. The zero-order valence-corrected chi connectivity index (χ0v) is 10.7. The maximum absolute atomic E-state index is 11.1. The fourth-order valence-electron chi connectivity index (χ4n) is 1.74. The summed E-state index contributed by atoms with van der Waals surface area (Å²) in [5, 5.41) is 18.8. The topological polar surface area (TPSA) is 108 Å². The predicted molar refractivity (Wildman–Crippen MR) is 68.3 cm³/mol. The summed E-state index contributed by atoms with van der Waals surface area (Å²) in [6.45, 7) is 3.56. The maximum atomic E-state index is 11.1. The summed E-state index contributed by atoms with van der Waals surface area (Å²) < 4.78 is 5.42. The molecule has 7 heteroatoms. The monoisotopic (exact) mass is 262 g/mol. The lowest BCUT2D eigenvalue weighted by Crippen LogP contribution is -2.08. The van der Waals surface area contributed by atoms with E-state index < -0.39 is 4.92 Å². The first kappa shape index (κ1) is 13.2. The normalized spacial score (nSPS) is 12.4. The Morgan fingerprint density at radius 2 is 2.21 bits per heavy atom. The second-order valence-corrected chi connectivity index (χ2v) is 4.19. The lowest BCUT2D eigenvalue weighted by atomic mass is 10.1. The van der Waals surface area contributed by atoms with Crippen LogP contribution in [-0.2, 0) is 0 Å². The smallest absolute Gasteiger partial charge is 0.284 e. The fraction of sp³-hybridized carbons (Fsp3) is 0.333. The molecule has 0 bridgehead atoms. The van der Waals surface area contributed by atoms with Crippen LogP contribution < -0.4 is 5.73 Å². The molecule has 1 unspecified atom stereocenters. The molecule has 0 amide bonds. The van der Waals surface area contributed by atoms with Crippen LogP contribution in [0.4, 0.5) is 5.69 Å². The van der Waals surface area contributed by atoms with Crippen molar-refractivity contribution in [1.82, 2.24) is 10.2 Å². The van der Waals surface area contributed by atoms with Gasteiger partial charge in [0, 0.05) is 5.56 Å². The summed E-state index contributed by atoms with van der Waals surface area (Å²) in [6, 6.07) is 4.60. The van der Waals surface area contributed by atoms with Crippen molar-refractivity contribution in [2.45, 2.75) is 26.3 Å². The van der Waals surface area contributed by atoms with E-state index in [9.17, 15) is 10.1 Å². The molecule has 0 radical (unpaired) electrons. The van der Waals surface area contributed by atoms with Crippen molar-refractivity contribution in [3.63, 3.8) is 0 Å². The highest BCUT2D eigenvalue weighted by Crippen LogP contribution is 2.32. The van der Waals surface area contributed by atoms with Crippen molar-refractivity contribution < 1.29 is 9.34 Å². The minimum absolute atomic E-state index is 0.0252. The Hall–Kier alpha value is -2.28. The Labute approximate surface area is 109 Å². The van der Waals surface area contributed by atoms with Gasteiger partial charge >= 0.3 is 0 Å². The molecular weight excluding hydrogens is 248 g/mol. The molecule has 1 aromatic heterocycles. The van der Waals surface area contributed by atoms with Gasteiger partial charge in [0.05, 0.1) is 11.0 Å². The van der Waals surface area contributed by atoms with Gasteiger partial charge in [-0.05, 0) is 19.4 Å². The van der Waals surface area contributed by atoms with Crippen LogP contribution in [-0.4, -0.2) is 15.1 Å². The summed E-state index contributed by atoms with van der Waals surface area (Å²) in [5.41, 5.74) is 6.61. The van der Waals surface area contributed by atoms with Gasteiger partial charge in [0.15, 0.2) is 0 Å². The number of nitro groups is 1. The summed E-state index contributed by atoms with van der Waals surface area (Å²) in [5.74, 6) is 0.405. The van der Waals surface area contributed by atoms with Crippen LogP contribution in [0, 0.1) is 17.0 Å². The zero-order chi connectivity index (χ0) is 14.0. The highest BCUT2D eigenvalue weighted by molar-refractivity contribution is 5.69. The van der Waals surface area contributed by atoms with Crippen molar-refractivity contribution in [3.05, 3.63) is 39.8 Å². The Kier molecular flexibility index (Phi) is 3.57. The molecule has 1 heterocycles. The first-order valence-corrected chi connectivity index (χ1v) is 5.88. The van der Waals surface area contributed by atoms with E-state index in [0.29, 0.717) is 17.5 Å². The van der Waals surface area contributed by atoms with Crippen LogP contribution in [0.2, 0.25) is 0 Å². The Balaban J connectivity index is 2.50. The van der Waals surface area contributed by atoms with Crippen LogP contribution >= 0.6 is 0 Å². The number of nitrogens with zero attached hydrogens (tertiary/aromatic N) is 3. The van der Waals surface area contributed by atoms with Crippen molar-refractivity contribution in [2.24, 2.45) is 5.73 Å². The molecule has 100 valence electrons. The third kappa shape index (κ3) is 2.45. The van der Waals surface area contributed by atoms with Gasteiger partial charge in [0.25, 0.3) is 11.6 Å². The molecule has 7 nitrogen and oxygen atoms in total. The van der Waals surface area contributed by atoms with E-state index in [1.807, 2.05) is 6.92 Å². The number of benzene rings is 1. The highest BCUT2D eigenvalue weighted by Gasteiger charge is 2.23. The lowest BCUT2D eigenvalue weighted by Gasteiger charge is -2.02. The Bertz CT molecular complexity index is 609. The summed E-state index contributed by atoms with van der Waals surface area (Å²) in [6.07, 6.45) is 0.650. The van der Waals surface area contributed by atoms with Crippen molar-refractivity contribution in [2.75, 3.05) is 0 Å². The van der Waals surface area contributed by atoms with Gasteiger partial charge in [-0.15, -0.1) is 10.2 Å². The van der Waals surface area contributed by atoms with Crippen LogP contribution in [0.25, 0.3) is 11.5 Å².